The van der Waals surface area contributed by atoms with Gasteiger partial charge in [0.15, 0.2) is 16.5 Å². The van der Waals surface area contributed by atoms with Gasteiger partial charge >= 0.3 is 22.1 Å². The second-order valence-corrected chi connectivity index (χ2v) is 8.71. The Morgan fingerprint density at radius 2 is 1.64 bits per heavy atom. The molecule has 0 saturated heterocycles. The van der Waals surface area contributed by atoms with Gasteiger partial charge in [0.25, 0.3) is 0 Å². The minimum absolute atomic E-state index is 0.0477. The van der Waals surface area contributed by atoms with Gasteiger partial charge in [-0.05, 0) is 47.7 Å². The molecule has 14 heteroatoms. The van der Waals surface area contributed by atoms with E-state index in [2.05, 4.69) is 11.3 Å². The molecule has 0 heterocycles. The molecule has 1 N–H and O–H groups in total. The summed E-state index contributed by atoms with van der Waals surface area (Å²) in [5.74, 6) is -13.3. The van der Waals surface area contributed by atoms with Crippen LogP contribution < -0.4 is 9.47 Å². The highest BCUT2D eigenvalue weighted by Crippen LogP contribution is 2.33. The third-order valence-corrected chi connectivity index (χ3v) is 5.44. The number of benzene rings is 2. The molecule has 0 bridgehead atoms. The van der Waals surface area contributed by atoms with Crippen molar-refractivity contribution >= 4 is 44.6 Å². The molecule has 0 saturated carbocycles. The fourth-order valence-electron chi connectivity index (χ4n) is 2.21. The Morgan fingerprint density at radius 1 is 1.06 bits per heavy atom. The number of hydrogen-bond acceptors (Lipinski definition) is 7. The van der Waals surface area contributed by atoms with Crippen molar-refractivity contribution in [3.05, 3.63) is 62.8 Å². The Hall–Kier alpha value is -2.72. The molecular weight excluding hydrogens is 591 g/mol. The molecule has 0 spiro atoms. The number of esters is 2. The highest BCUT2D eigenvalue weighted by Gasteiger charge is 2.34. The molecule has 0 aromatic heterocycles. The maximum absolute atomic E-state index is 14.0. The molecule has 0 amide bonds. The molecule has 33 heavy (non-hydrogen) atoms. The standard InChI is InChI=1S/C19H13F4IO8S/c1-8(2)18(25)31-6-5-30-11-4-3-9(7-10(11)24)19(26)32-16-12(20)14(22)17(33(27,28)29)15(23)13(16)21/h3-4,7H,1,5-6H2,2H3,(H,27,28,29). The lowest BCUT2D eigenvalue weighted by Crippen LogP contribution is -2.16. The van der Waals surface area contributed by atoms with Crippen molar-refractivity contribution in [1.82, 2.24) is 0 Å². The number of halogens is 5. The summed E-state index contributed by atoms with van der Waals surface area (Å²) in [7, 11) is -5.65. The zero-order valence-electron chi connectivity index (χ0n) is 16.5. The number of hydrogen-bond donors (Lipinski definition) is 1. The van der Waals surface area contributed by atoms with Crippen LogP contribution >= 0.6 is 22.6 Å². The van der Waals surface area contributed by atoms with Gasteiger partial charge in [0.2, 0.25) is 17.4 Å². The van der Waals surface area contributed by atoms with Crippen LogP contribution in [-0.2, 0) is 19.6 Å². The minimum atomic E-state index is -5.65. The van der Waals surface area contributed by atoms with E-state index in [4.69, 9.17) is 14.0 Å². The average Bonchev–Trinajstić information content (AvgIpc) is 2.72. The number of carbonyl (C=O) groups is 2. The number of ether oxygens (including phenoxy) is 3. The predicted molar refractivity (Wildman–Crippen MR) is 111 cm³/mol. The van der Waals surface area contributed by atoms with Crippen LogP contribution in [-0.4, -0.2) is 38.1 Å². The molecule has 0 radical (unpaired) electrons. The van der Waals surface area contributed by atoms with Gasteiger partial charge < -0.3 is 14.2 Å². The van der Waals surface area contributed by atoms with Gasteiger partial charge in [-0.3, -0.25) is 4.55 Å². The molecule has 2 aromatic rings. The van der Waals surface area contributed by atoms with E-state index in [0.29, 0.717) is 3.57 Å². The Bertz CT molecular complexity index is 1220. The van der Waals surface area contributed by atoms with Crippen LogP contribution in [0, 0.1) is 26.8 Å². The molecule has 2 aromatic carbocycles. The maximum Gasteiger partial charge on any atom is 0.343 e. The highest BCUT2D eigenvalue weighted by atomic mass is 127. The summed E-state index contributed by atoms with van der Waals surface area (Å²) in [6.45, 7) is 4.73. The van der Waals surface area contributed by atoms with Crippen molar-refractivity contribution in [1.29, 1.82) is 0 Å². The molecule has 0 aliphatic heterocycles. The average molecular weight is 604 g/mol. The Labute approximate surface area is 198 Å². The van der Waals surface area contributed by atoms with Crippen molar-refractivity contribution in [2.75, 3.05) is 13.2 Å². The summed E-state index contributed by atoms with van der Waals surface area (Å²) >= 11 is 1.75. The summed E-state index contributed by atoms with van der Waals surface area (Å²) in [6.07, 6.45) is 0. The first-order valence-electron chi connectivity index (χ1n) is 8.56. The quantitative estimate of drug-likeness (QED) is 0.0708. The Balaban J connectivity index is 2.19. The van der Waals surface area contributed by atoms with Crippen LogP contribution in [0.4, 0.5) is 17.6 Å². The summed E-state index contributed by atoms with van der Waals surface area (Å²) < 4.78 is 101. The van der Waals surface area contributed by atoms with Crippen molar-refractivity contribution < 1.29 is 54.3 Å². The first-order chi connectivity index (χ1) is 15.3. The van der Waals surface area contributed by atoms with Crippen LogP contribution in [0.1, 0.15) is 17.3 Å². The zero-order chi connectivity index (χ0) is 25.1. The number of carbonyl (C=O) groups excluding carboxylic acids is 2. The molecule has 8 nitrogen and oxygen atoms in total. The van der Waals surface area contributed by atoms with E-state index in [1.807, 2.05) is 0 Å². The highest BCUT2D eigenvalue weighted by molar-refractivity contribution is 14.1. The van der Waals surface area contributed by atoms with E-state index in [1.54, 1.807) is 22.6 Å². The van der Waals surface area contributed by atoms with E-state index in [1.165, 1.54) is 13.0 Å². The summed E-state index contributed by atoms with van der Waals surface area (Å²) in [5, 5.41) is 0. The SMILES string of the molecule is C=C(C)C(=O)OCCOc1ccc(C(=O)Oc2c(F)c(F)c(S(=O)(=O)O)c(F)c2F)cc1I. The van der Waals surface area contributed by atoms with Crippen LogP contribution in [0.3, 0.4) is 0 Å². The largest absolute Gasteiger partial charge is 0.489 e. The fraction of sp³-hybridized carbons (Fsp3) is 0.158. The van der Waals surface area contributed by atoms with E-state index < -0.39 is 56.0 Å². The lowest BCUT2D eigenvalue weighted by Gasteiger charge is -2.12. The van der Waals surface area contributed by atoms with E-state index >= 15 is 0 Å². The van der Waals surface area contributed by atoms with Gasteiger partial charge in [-0.1, -0.05) is 6.58 Å². The van der Waals surface area contributed by atoms with E-state index in [-0.39, 0.29) is 30.1 Å². The van der Waals surface area contributed by atoms with Crippen molar-refractivity contribution in [2.24, 2.45) is 0 Å². The van der Waals surface area contributed by atoms with Gasteiger partial charge in [-0.15, -0.1) is 0 Å². The van der Waals surface area contributed by atoms with E-state index in [0.717, 1.165) is 12.1 Å². The smallest absolute Gasteiger partial charge is 0.343 e. The molecular formula is C19H13F4IO8S. The second kappa shape index (κ2) is 10.5. The predicted octanol–water partition coefficient (Wildman–Crippen LogP) is 3.81. The topological polar surface area (TPSA) is 116 Å². The maximum atomic E-state index is 14.0. The van der Waals surface area contributed by atoms with Crippen molar-refractivity contribution in [3.8, 4) is 11.5 Å². The molecule has 0 aliphatic carbocycles. The van der Waals surface area contributed by atoms with Crippen LogP contribution in [0.15, 0.2) is 35.2 Å². The van der Waals surface area contributed by atoms with Crippen LogP contribution in [0.5, 0.6) is 11.5 Å². The monoisotopic (exact) mass is 604 g/mol. The lowest BCUT2D eigenvalue weighted by molar-refractivity contribution is -0.139. The third kappa shape index (κ3) is 6.20. The molecule has 0 aliphatic rings. The molecule has 0 atom stereocenters. The van der Waals surface area contributed by atoms with Crippen LogP contribution in [0.25, 0.3) is 0 Å². The van der Waals surface area contributed by atoms with Gasteiger partial charge in [0, 0.05) is 5.57 Å². The number of rotatable bonds is 8. The molecule has 2 rings (SSSR count). The second-order valence-electron chi connectivity index (χ2n) is 6.19. The van der Waals surface area contributed by atoms with Gasteiger partial charge in [0.05, 0.1) is 9.13 Å². The normalized spacial score (nSPS) is 11.1. The Morgan fingerprint density at radius 3 is 2.12 bits per heavy atom. The first-order valence-corrected chi connectivity index (χ1v) is 11.1. The van der Waals surface area contributed by atoms with Gasteiger partial charge in [-0.2, -0.15) is 17.2 Å². The summed E-state index contributed by atoms with van der Waals surface area (Å²) in [4.78, 5) is 21.2. The molecule has 178 valence electrons. The molecule has 0 unspecified atom stereocenters. The fourth-order valence-corrected chi connectivity index (χ4v) is 3.52. The minimum Gasteiger partial charge on any atom is -0.489 e. The van der Waals surface area contributed by atoms with Gasteiger partial charge in [0.1, 0.15) is 19.0 Å². The van der Waals surface area contributed by atoms with E-state index in [9.17, 15) is 35.6 Å². The third-order valence-electron chi connectivity index (χ3n) is 3.73. The van der Waals surface area contributed by atoms with Crippen LogP contribution in [0.2, 0.25) is 0 Å². The van der Waals surface area contributed by atoms with Crippen molar-refractivity contribution in [3.63, 3.8) is 0 Å². The lowest BCUT2D eigenvalue weighted by atomic mass is 10.2. The summed E-state index contributed by atoms with van der Waals surface area (Å²) in [6, 6.07) is 3.54. The zero-order valence-corrected chi connectivity index (χ0v) is 19.4. The van der Waals surface area contributed by atoms with Gasteiger partial charge in [-0.25, -0.2) is 18.4 Å². The molecule has 0 fully saturated rings. The Kier molecular flexibility index (Phi) is 8.42. The van der Waals surface area contributed by atoms with Crippen molar-refractivity contribution in [2.45, 2.75) is 11.8 Å². The summed E-state index contributed by atoms with van der Waals surface area (Å²) in [5.41, 5.74) is -0.105. The first kappa shape index (κ1) is 26.5.